The summed E-state index contributed by atoms with van der Waals surface area (Å²) >= 11 is 7.21. The zero-order chi connectivity index (χ0) is 20.6. The summed E-state index contributed by atoms with van der Waals surface area (Å²) in [4.78, 5) is 11.6. The number of nitrogens with zero attached hydrogens (tertiary/aromatic N) is 4. The number of hydrogen-bond donors (Lipinski definition) is 1. The maximum Gasteiger partial charge on any atom is 0.338 e. The van der Waals surface area contributed by atoms with Crippen LogP contribution in [0.15, 0.2) is 53.7 Å². The lowest BCUT2D eigenvalue weighted by Gasteiger charge is -2.12. The van der Waals surface area contributed by atoms with Crippen LogP contribution in [0.3, 0.4) is 0 Å². The molecule has 0 radical (unpaired) electrons. The van der Waals surface area contributed by atoms with E-state index in [0.717, 1.165) is 5.69 Å². The Morgan fingerprint density at radius 1 is 1.21 bits per heavy atom. The molecule has 1 unspecified atom stereocenters. The molecule has 0 fully saturated rings. The van der Waals surface area contributed by atoms with Crippen LogP contribution in [-0.2, 0) is 4.74 Å². The van der Waals surface area contributed by atoms with Crippen LogP contribution in [0, 0.1) is 0 Å². The Kier molecular flexibility index (Phi) is 7.45. The van der Waals surface area contributed by atoms with Gasteiger partial charge < -0.3 is 14.6 Å². The molecule has 10 heteroatoms. The Morgan fingerprint density at radius 2 is 1.93 bits per heavy atom. The molecule has 3 aromatic rings. The third-order valence-corrected chi connectivity index (χ3v) is 5.04. The average molecular weight is 435 g/mol. The maximum absolute atomic E-state index is 11.6. The standard InChI is InChI=1S/C19H19ClN4O4S/c1-2-27-18(26)13-3-9-17(10-4-13)28-11-16(25)12-29-19-21-22-23-24(19)15-7-5-14(20)6-8-15/h3-10,16,25H,2,11-12H2,1H3. The molecule has 0 saturated carbocycles. The molecule has 152 valence electrons. The van der Waals surface area contributed by atoms with Gasteiger partial charge in [0.05, 0.1) is 24.0 Å². The summed E-state index contributed by atoms with van der Waals surface area (Å²) < 4.78 is 12.1. The fourth-order valence-electron chi connectivity index (χ4n) is 2.33. The molecule has 1 atom stereocenters. The minimum absolute atomic E-state index is 0.0915. The van der Waals surface area contributed by atoms with Crippen LogP contribution in [0.5, 0.6) is 5.75 Å². The van der Waals surface area contributed by atoms with Crippen LogP contribution in [0.25, 0.3) is 5.69 Å². The topological polar surface area (TPSA) is 99.4 Å². The zero-order valence-electron chi connectivity index (χ0n) is 15.6. The van der Waals surface area contributed by atoms with E-state index in [1.807, 2.05) is 12.1 Å². The molecular formula is C19H19ClN4O4S. The maximum atomic E-state index is 11.6. The number of thioether (sulfide) groups is 1. The highest BCUT2D eigenvalue weighted by Gasteiger charge is 2.13. The van der Waals surface area contributed by atoms with E-state index in [1.165, 1.54) is 11.8 Å². The number of aliphatic hydroxyl groups excluding tert-OH is 1. The largest absolute Gasteiger partial charge is 0.491 e. The van der Waals surface area contributed by atoms with Gasteiger partial charge in [0, 0.05) is 10.8 Å². The third kappa shape index (κ3) is 5.93. The predicted molar refractivity (Wildman–Crippen MR) is 109 cm³/mol. The van der Waals surface area contributed by atoms with Crippen LogP contribution in [0.2, 0.25) is 5.02 Å². The second-order valence-corrected chi connectivity index (χ2v) is 7.29. The fraction of sp³-hybridized carbons (Fsp3) is 0.263. The number of aromatic nitrogens is 4. The molecule has 0 bridgehead atoms. The quantitative estimate of drug-likeness (QED) is 0.405. The number of benzene rings is 2. The van der Waals surface area contributed by atoms with E-state index in [1.54, 1.807) is 48.0 Å². The average Bonchev–Trinajstić information content (AvgIpc) is 3.20. The Balaban J connectivity index is 1.50. The van der Waals surface area contributed by atoms with Crippen LogP contribution in [-0.4, -0.2) is 56.4 Å². The van der Waals surface area contributed by atoms with E-state index < -0.39 is 6.10 Å². The summed E-state index contributed by atoms with van der Waals surface area (Å²) in [7, 11) is 0. The monoisotopic (exact) mass is 434 g/mol. The van der Waals surface area contributed by atoms with Crippen molar-refractivity contribution in [3.8, 4) is 11.4 Å². The Morgan fingerprint density at radius 3 is 2.62 bits per heavy atom. The van der Waals surface area contributed by atoms with E-state index in [9.17, 15) is 9.90 Å². The first-order chi connectivity index (χ1) is 14.1. The predicted octanol–water partition coefficient (Wildman–Crippen LogP) is 3.02. The van der Waals surface area contributed by atoms with Crippen LogP contribution < -0.4 is 4.74 Å². The van der Waals surface area contributed by atoms with Gasteiger partial charge in [-0.15, -0.1) is 5.10 Å². The zero-order valence-corrected chi connectivity index (χ0v) is 17.1. The number of aliphatic hydroxyl groups is 1. The molecular weight excluding hydrogens is 416 g/mol. The van der Waals surface area contributed by atoms with Crippen molar-refractivity contribution in [2.45, 2.75) is 18.2 Å². The highest BCUT2D eigenvalue weighted by molar-refractivity contribution is 7.99. The number of hydrogen-bond acceptors (Lipinski definition) is 8. The van der Waals surface area contributed by atoms with Crippen molar-refractivity contribution < 1.29 is 19.4 Å². The molecule has 0 aliphatic rings. The normalized spacial score (nSPS) is 11.8. The number of carbonyl (C=O) groups excluding carboxylic acids is 1. The number of halogens is 1. The molecule has 0 spiro atoms. The van der Waals surface area contributed by atoms with Gasteiger partial charge in [-0.2, -0.15) is 4.68 Å². The summed E-state index contributed by atoms with van der Waals surface area (Å²) in [5, 5.41) is 23.0. The minimum Gasteiger partial charge on any atom is -0.491 e. The van der Waals surface area contributed by atoms with E-state index in [2.05, 4.69) is 15.5 Å². The molecule has 1 aromatic heterocycles. The van der Waals surface area contributed by atoms with Gasteiger partial charge >= 0.3 is 5.97 Å². The molecule has 0 aliphatic carbocycles. The third-order valence-electron chi connectivity index (χ3n) is 3.72. The molecule has 3 rings (SSSR count). The van der Waals surface area contributed by atoms with Gasteiger partial charge in [-0.1, -0.05) is 23.4 Å². The van der Waals surface area contributed by atoms with E-state index in [-0.39, 0.29) is 12.6 Å². The first kappa shape index (κ1) is 21.1. The molecule has 2 aromatic carbocycles. The first-order valence-electron chi connectivity index (χ1n) is 8.82. The highest BCUT2D eigenvalue weighted by Crippen LogP contribution is 2.21. The second kappa shape index (κ2) is 10.2. The summed E-state index contributed by atoms with van der Waals surface area (Å²) in [6, 6.07) is 13.7. The van der Waals surface area contributed by atoms with E-state index >= 15 is 0 Å². The minimum atomic E-state index is -0.736. The van der Waals surface area contributed by atoms with Gasteiger partial charge in [-0.3, -0.25) is 0 Å². The van der Waals surface area contributed by atoms with Gasteiger partial charge in [0.15, 0.2) is 0 Å². The summed E-state index contributed by atoms with van der Waals surface area (Å²) in [5.41, 5.74) is 1.22. The van der Waals surface area contributed by atoms with Crippen molar-refractivity contribution in [1.82, 2.24) is 20.2 Å². The molecule has 0 saturated heterocycles. The second-order valence-electron chi connectivity index (χ2n) is 5.87. The van der Waals surface area contributed by atoms with Crippen LogP contribution >= 0.6 is 23.4 Å². The number of ether oxygens (including phenoxy) is 2. The van der Waals surface area contributed by atoms with E-state index in [4.69, 9.17) is 21.1 Å². The number of tetrazole rings is 1. The molecule has 0 aliphatic heterocycles. The van der Waals surface area contributed by atoms with Crippen molar-refractivity contribution in [2.75, 3.05) is 19.0 Å². The number of carbonyl (C=O) groups is 1. The van der Waals surface area contributed by atoms with Gasteiger partial charge in [0.25, 0.3) is 0 Å². The molecule has 0 amide bonds. The van der Waals surface area contributed by atoms with Crippen LogP contribution in [0.4, 0.5) is 0 Å². The highest BCUT2D eigenvalue weighted by atomic mass is 35.5. The Bertz CT molecular complexity index is 934. The van der Waals surface area contributed by atoms with Crippen molar-refractivity contribution in [1.29, 1.82) is 0 Å². The molecule has 1 heterocycles. The lowest BCUT2D eigenvalue weighted by molar-refractivity contribution is 0.0526. The Hall–Kier alpha value is -2.62. The van der Waals surface area contributed by atoms with Gasteiger partial charge in [-0.05, 0) is 65.9 Å². The number of esters is 1. The lowest BCUT2D eigenvalue weighted by atomic mass is 10.2. The molecule has 8 nitrogen and oxygen atoms in total. The van der Waals surface area contributed by atoms with Crippen molar-refractivity contribution in [3.63, 3.8) is 0 Å². The lowest BCUT2D eigenvalue weighted by Crippen LogP contribution is -2.20. The summed E-state index contributed by atoms with van der Waals surface area (Å²) in [6.45, 7) is 2.17. The first-order valence-corrected chi connectivity index (χ1v) is 10.2. The van der Waals surface area contributed by atoms with Gasteiger partial charge in [0.2, 0.25) is 5.16 Å². The number of rotatable bonds is 9. The van der Waals surface area contributed by atoms with E-state index in [0.29, 0.717) is 33.9 Å². The molecule has 1 N–H and O–H groups in total. The molecule has 29 heavy (non-hydrogen) atoms. The smallest absolute Gasteiger partial charge is 0.338 e. The van der Waals surface area contributed by atoms with Gasteiger partial charge in [-0.25, -0.2) is 4.79 Å². The van der Waals surface area contributed by atoms with Crippen molar-refractivity contribution in [3.05, 3.63) is 59.1 Å². The summed E-state index contributed by atoms with van der Waals surface area (Å²) in [6.07, 6.45) is -0.736. The van der Waals surface area contributed by atoms with Crippen molar-refractivity contribution >= 4 is 29.3 Å². The Labute approximate surface area is 176 Å². The SMILES string of the molecule is CCOC(=O)c1ccc(OCC(O)CSc2nnnn2-c2ccc(Cl)cc2)cc1. The van der Waals surface area contributed by atoms with Crippen molar-refractivity contribution in [2.24, 2.45) is 0 Å². The van der Waals surface area contributed by atoms with Gasteiger partial charge in [0.1, 0.15) is 12.4 Å². The fourth-order valence-corrected chi connectivity index (χ4v) is 3.25. The van der Waals surface area contributed by atoms with Crippen LogP contribution in [0.1, 0.15) is 17.3 Å². The summed E-state index contributed by atoms with van der Waals surface area (Å²) in [5.74, 6) is 0.511.